The van der Waals surface area contributed by atoms with Crippen molar-refractivity contribution in [1.82, 2.24) is 25.2 Å². The fraction of sp³-hybridized carbons (Fsp3) is 0.267. The third-order valence-electron chi connectivity index (χ3n) is 6.50. The van der Waals surface area contributed by atoms with Gasteiger partial charge in [-0.25, -0.2) is 14.8 Å². The number of aryl methyl sites for hydroxylation is 1. The molecular weight excluding hydrogens is 528 g/mol. The SMILES string of the molecule is COCC1CCCN1C(=O)NCC#Cc1ccc2ncnc(Nc3ccc(Oc4ccc(C)nc4)c(Cl)c3)c2c1. The van der Waals surface area contributed by atoms with E-state index in [1.54, 1.807) is 25.4 Å². The van der Waals surface area contributed by atoms with Crippen LogP contribution in [-0.2, 0) is 4.74 Å². The molecule has 1 unspecified atom stereocenters. The lowest BCUT2D eigenvalue weighted by molar-refractivity contribution is 0.124. The number of carbonyl (C=O) groups is 1. The van der Waals surface area contributed by atoms with E-state index in [1.165, 1.54) is 6.33 Å². The number of hydrogen-bond donors (Lipinski definition) is 2. The predicted molar refractivity (Wildman–Crippen MR) is 155 cm³/mol. The first-order valence-corrected chi connectivity index (χ1v) is 13.3. The summed E-state index contributed by atoms with van der Waals surface area (Å²) in [6.45, 7) is 3.44. The van der Waals surface area contributed by atoms with Crippen molar-refractivity contribution in [2.45, 2.75) is 25.8 Å². The highest BCUT2D eigenvalue weighted by Crippen LogP contribution is 2.33. The van der Waals surface area contributed by atoms with Crippen LogP contribution in [0, 0.1) is 18.8 Å². The molecule has 2 N–H and O–H groups in total. The molecule has 0 aliphatic carbocycles. The third-order valence-corrected chi connectivity index (χ3v) is 6.80. The number of fused-ring (bicyclic) bond motifs is 1. The quantitative estimate of drug-likeness (QED) is 0.282. The van der Waals surface area contributed by atoms with E-state index in [2.05, 4.69) is 37.4 Å². The highest BCUT2D eigenvalue weighted by molar-refractivity contribution is 6.32. The van der Waals surface area contributed by atoms with Gasteiger partial charge in [0.05, 0.1) is 35.9 Å². The number of likely N-dealkylation sites (tertiary alicyclic amines) is 1. The van der Waals surface area contributed by atoms with Crippen molar-refractivity contribution in [1.29, 1.82) is 0 Å². The van der Waals surface area contributed by atoms with Crippen molar-refractivity contribution in [2.75, 3.05) is 32.1 Å². The van der Waals surface area contributed by atoms with Crippen LogP contribution in [0.25, 0.3) is 10.9 Å². The first-order valence-electron chi connectivity index (χ1n) is 12.9. The number of aromatic nitrogens is 3. The molecule has 0 bridgehead atoms. The van der Waals surface area contributed by atoms with Crippen LogP contribution in [0.2, 0.25) is 5.02 Å². The van der Waals surface area contributed by atoms with Gasteiger partial charge in [-0.2, -0.15) is 0 Å². The highest BCUT2D eigenvalue weighted by Gasteiger charge is 2.28. The Labute approximate surface area is 237 Å². The predicted octanol–water partition coefficient (Wildman–Crippen LogP) is 5.69. The zero-order chi connectivity index (χ0) is 27.9. The number of rotatable bonds is 7. The summed E-state index contributed by atoms with van der Waals surface area (Å²) in [7, 11) is 1.65. The molecule has 9 nitrogen and oxygen atoms in total. The zero-order valence-electron chi connectivity index (χ0n) is 22.3. The average molecular weight is 557 g/mol. The summed E-state index contributed by atoms with van der Waals surface area (Å²) in [5, 5.41) is 7.45. The Kier molecular flexibility index (Phi) is 8.59. The van der Waals surface area contributed by atoms with E-state index < -0.39 is 0 Å². The van der Waals surface area contributed by atoms with Gasteiger partial charge in [-0.1, -0.05) is 23.4 Å². The Morgan fingerprint density at radius 2 is 2.05 bits per heavy atom. The van der Waals surface area contributed by atoms with Crippen LogP contribution < -0.4 is 15.4 Å². The molecule has 1 saturated heterocycles. The molecule has 5 rings (SSSR count). The summed E-state index contributed by atoms with van der Waals surface area (Å²) in [5.41, 5.74) is 3.20. The Morgan fingerprint density at radius 3 is 2.85 bits per heavy atom. The van der Waals surface area contributed by atoms with Crippen molar-refractivity contribution in [3.8, 4) is 23.3 Å². The van der Waals surface area contributed by atoms with E-state index in [9.17, 15) is 4.79 Å². The topological polar surface area (TPSA) is 102 Å². The van der Waals surface area contributed by atoms with Gasteiger partial charge < -0.3 is 25.0 Å². The van der Waals surface area contributed by atoms with E-state index in [0.29, 0.717) is 28.9 Å². The van der Waals surface area contributed by atoms with Gasteiger partial charge in [-0.05, 0) is 68.3 Å². The Morgan fingerprint density at radius 1 is 1.15 bits per heavy atom. The van der Waals surface area contributed by atoms with Crippen LogP contribution in [0.1, 0.15) is 24.1 Å². The van der Waals surface area contributed by atoms with E-state index in [-0.39, 0.29) is 18.6 Å². The van der Waals surface area contributed by atoms with Gasteiger partial charge in [-0.15, -0.1) is 0 Å². The number of pyridine rings is 1. The molecule has 2 aromatic carbocycles. The molecule has 40 heavy (non-hydrogen) atoms. The molecule has 2 aromatic heterocycles. The lowest BCUT2D eigenvalue weighted by Crippen LogP contribution is -2.44. The number of nitrogens with one attached hydrogen (secondary N) is 2. The summed E-state index contributed by atoms with van der Waals surface area (Å²) in [5.74, 6) is 7.90. The number of benzene rings is 2. The minimum absolute atomic E-state index is 0.113. The minimum atomic E-state index is -0.113. The molecule has 3 heterocycles. The third kappa shape index (κ3) is 6.60. The summed E-state index contributed by atoms with van der Waals surface area (Å²) < 4.78 is 11.1. The second kappa shape index (κ2) is 12.6. The fourth-order valence-electron chi connectivity index (χ4n) is 4.51. The highest BCUT2D eigenvalue weighted by atomic mass is 35.5. The number of hydrogen-bond acceptors (Lipinski definition) is 7. The number of halogens is 1. The van der Waals surface area contributed by atoms with Crippen LogP contribution in [-0.4, -0.2) is 58.7 Å². The second-order valence-corrected chi connectivity index (χ2v) is 9.77. The summed E-state index contributed by atoms with van der Waals surface area (Å²) >= 11 is 6.50. The van der Waals surface area contributed by atoms with Crippen molar-refractivity contribution >= 4 is 40.0 Å². The fourth-order valence-corrected chi connectivity index (χ4v) is 4.73. The molecule has 2 amide bonds. The summed E-state index contributed by atoms with van der Waals surface area (Å²) in [6.07, 6.45) is 5.10. The van der Waals surface area contributed by atoms with Gasteiger partial charge in [0.2, 0.25) is 0 Å². The first-order chi connectivity index (χ1) is 19.5. The van der Waals surface area contributed by atoms with Crippen LogP contribution in [0.4, 0.5) is 16.3 Å². The van der Waals surface area contributed by atoms with Crippen molar-refractivity contribution in [3.63, 3.8) is 0 Å². The number of anilines is 2. The van der Waals surface area contributed by atoms with E-state index in [1.807, 2.05) is 48.2 Å². The van der Waals surface area contributed by atoms with Crippen LogP contribution in [0.5, 0.6) is 11.5 Å². The number of ether oxygens (including phenoxy) is 2. The molecule has 0 spiro atoms. The standard InChI is InChI=1S/C30H29ClN6O3/c1-20-7-10-24(17-33-20)40-28-12-9-22(16-26(28)31)36-29-25-15-21(8-11-27(25)34-19-35-29)5-3-13-32-30(38)37-14-4-6-23(37)18-39-2/h7-12,15-17,19,23H,4,6,13-14,18H2,1-2H3,(H,32,38)(H,34,35,36). The number of urea groups is 1. The maximum atomic E-state index is 12.5. The smallest absolute Gasteiger partial charge is 0.318 e. The lowest BCUT2D eigenvalue weighted by Gasteiger charge is -2.23. The minimum Gasteiger partial charge on any atom is -0.454 e. The normalized spacial score (nSPS) is 14.5. The van der Waals surface area contributed by atoms with Crippen LogP contribution in [0.15, 0.2) is 61.1 Å². The van der Waals surface area contributed by atoms with Crippen LogP contribution in [0.3, 0.4) is 0 Å². The molecule has 1 aliphatic heterocycles. The molecule has 0 saturated carbocycles. The van der Waals surface area contributed by atoms with Crippen molar-refractivity contribution < 1.29 is 14.3 Å². The van der Waals surface area contributed by atoms with Gasteiger partial charge >= 0.3 is 6.03 Å². The van der Waals surface area contributed by atoms with Gasteiger partial charge in [-0.3, -0.25) is 4.98 Å². The summed E-state index contributed by atoms with van der Waals surface area (Å²) in [4.78, 5) is 27.4. The average Bonchev–Trinajstić information content (AvgIpc) is 3.42. The maximum Gasteiger partial charge on any atom is 0.318 e. The monoisotopic (exact) mass is 556 g/mol. The van der Waals surface area contributed by atoms with E-state index in [4.69, 9.17) is 21.1 Å². The number of methoxy groups -OCH3 is 1. The van der Waals surface area contributed by atoms with E-state index in [0.717, 1.165) is 47.2 Å². The van der Waals surface area contributed by atoms with E-state index >= 15 is 0 Å². The molecular formula is C30H29ClN6O3. The number of carbonyl (C=O) groups excluding carboxylic acids is 1. The lowest BCUT2D eigenvalue weighted by atomic mass is 10.1. The maximum absolute atomic E-state index is 12.5. The molecule has 10 heteroatoms. The van der Waals surface area contributed by atoms with Crippen molar-refractivity contribution in [2.24, 2.45) is 0 Å². The Hall–Kier alpha value is -4.39. The second-order valence-electron chi connectivity index (χ2n) is 9.37. The zero-order valence-corrected chi connectivity index (χ0v) is 23.0. The number of amides is 2. The summed E-state index contributed by atoms with van der Waals surface area (Å²) in [6, 6.07) is 14.9. The molecule has 1 aliphatic rings. The molecule has 204 valence electrons. The van der Waals surface area contributed by atoms with Gasteiger partial charge in [0.25, 0.3) is 0 Å². The largest absolute Gasteiger partial charge is 0.454 e. The Balaban J connectivity index is 1.26. The van der Waals surface area contributed by atoms with Crippen molar-refractivity contribution in [3.05, 3.63) is 77.3 Å². The molecule has 4 aromatic rings. The molecule has 1 atom stereocenters. The van der Waals surface area contributed by atoms with Crippen LogP contribution >= 0.6 is 11.6 Å². The first kappa shape index (κ1) is 27.2. The van der Waals surface area contributed by atoms with Gasteiger partial charge in [0.1, 0.15) is 23.6 Å². The Bertz CT molecular complexity index is 1570. The van der Waals surface area contributed by atoms with Gasteiger partial charge in [0, 0.05) is 36.0 Å². The number of nitrogens with zero attached hydrogens (tertiary/aromatic N) is 4. The molecule has 1 fully saturated rings. The van der Waals surface area contributed by atoms with Gasteiger partial charge in [0.15, 0.2) is 0 Å². The molecule has 0 radical (unpaired) electrons.